The summed E-state index contributed by atoms with van der Waals surface area (Å²) in [5.41, 5.74) is 0.615. The molecule has 0 spiro atoms. The van der Waals surface area contributed by atoms with Crippen LogP contribution in [0, 0.1) is 5.92 Å². The zero-order valence-electron chi connectivity index (χ0n) is 16.4. The molecule has 29 heavy (non-hydrogen) atoms. The molecule has 0 aromatic heterocycles. The number of likely N-dealkylation sites (tertiary alicyclic amines) is 1. The fourth-order valence-electron chi connectivity index (χ4n) is 3.23. The van der Waals surface area contributed by atoms with Crippen LogP contribution >= 0.6 is 0 Å². The first-order chi connectivity index (χ1) is 14.0. The topological polar surface area (TPSA) is 117 Å². The van der Waals surface area contributed by atoms with Crippen molar-refractivity contribution in [2.24, 2.45) is 5.92 Å². The number of benzene rings is 1. The first-order valence-corrected chi connectivity index (χ1v) is 9.79. The lowest BCUT2D eigenvalue weighted by molar-refractivity contribution is -0.138. The summed E-state index contributed by atoms with van der Waals surface area (Å²) in [4.78, 5) is 49.5. The minimum absolute atomic E-state index is 0.00428. The maximum atomic E-state index is 12.3. The molecule has 0 bridgehead atoms. The van der Waals surface area contributed by atoms with Crippen LogP contribution in [0.4, 0.5) is 5.69 Å². The van der Waals surface area contributed by atoms with Gasteiger partial charge >= 0.3 is 0 Å². The molecule has 1 saturated carbocycles. The van der Waals surface area contributed by atoms with E-state index in [-0.39, 0.29) is 36.8 Å². The normalized spacial score (nSPS) is 18.1. The second kappa shape index (κ2) is 9.40. The molecular weight excluding hydrogens is 376 g/mol. The predicted molar refractivity (Wildman–Crippen MR) is 105 cm³/mol. The van der Waals surface area contributed by atoms with Gasteiger partial charge in [0, 0.05) is 31.3 Å². The van der Waals surface area contributed by atoms with Crippen LogP contribution in [0.5, 0.6) is 5.75 Å². The molecule has 1 aliphatic heterocycles. The Labute approximate surface area is 169 Å². The van der Waals surface area contributed by atoms with Gasteiger partial charge in [-0.25, -0.2) is 0 Å². The molecule has 9 nitrogen and oxygen atoms in total. The molecule has 2 fully saturated rings. The number of anilines is 1. The number of ether oxygens (including phenoxy) is 1. The van der Waals surface area contributed by atoms with Gasteiger partial charge in [-0.05, 0) is 37.8 Å². The molecule has 1 aliphatic carbocycles. The summed E-state index contributed by atoms with van der Waals surface area (Å²) < 4.78 is 5.45. The van der Waals surface area contributed by atoms with Gasteiger partial charge < -0.3 is 25.6 Å². The van der Waals surface area contributed by atoms with Crippen molar-refractivity contribution >= 4 is 29.3 Å². The SMILES string of the molecule is CNC(=O)C1CCCN1C(=O)CNC(=O)COc1cccc(NC(=O)C2CC2)c1. The van der Waals surface area contributed by atoms with E-state index in [0.29, 0.717) is 24.4 Å². The minimum atomic E-state index is -0.478. The first kappa shape index (κ1) is 20.6. The number of hydrogen-bond acceptors (Lipinski definition) is 5. The van der Waals surface area contributed by atoms with Crippen molar-refractivity contribution in [1.29, 1.82) is 0 Å². The maximum Gasteiger partial charge on any atom is 0.258 e. The highest BCUT2D eigenvalue weighted by molar-refractivity contribution is 5.94. The Bertz CT molecular complexity index is 793. The molecule has 4 amide bonds. The smallest absolute Gasteiger partial charge is 0.258 e. The van der Waals surface area contributed by atoms with Crippen LogP contribution in [-0.2, 0) is 19.2 Å². The molecular formula is C20H26N4O5. The standard InChI is InChI=1S/C20H26N4O5/c1-21-20(28)16-6-3-9-24(16)18(26)11-22-17(25)12-29-15-5-2-4-14(10-15)23-19(27)13-7-8-13/h2,4-5,10,13,16H,3,6-9,11-12H2,1H3,(H,21,28)(H,22,25)(H,23,27). The van der Waals surface area contributed by atoms with E-state index < -0.39 is 11.9 Å². The van der Waals surface area contributed by atoms with E-state index in [0.717, 1.165) is 19.3 Å². The van der Waals surface area contributed by atoms with E-state index >= 15 is 0 Å². The van der Waals surface area contributed by atoms with Gasteiger partial charge in [0.1, 0.15) is 11.8 Å². The molecule has 9 heteroatoms. The fourth-order valence-corrected chi connectivity index (χ4v) is 3.23. The maximum absolute atomic E-state index is 12.3. The van der Waals surface area contributed by atoms with E-state index in [4.69, 9.17) is 4.74 Å². The fraction of sp³-hybridized carbons (Fsp3) is 0.500. The highest BCUT2D eigenvalue weighted by Gasteiger charge is 2.33. The van der Waals surface area contributed by atoms with Gasteiger partial charge in [0.05, 0.1) is 6.54 Å². The van der Waals surface area contributed by atoms with Gasteiger partial charge in [0.15, 0.2) is 6.61 Å². The van der Waals surface area contributed by atoms with Crippen LogP contribution in [-0.4, -0.2) is 61.3 Å². The van der Waals surface area contributed by atoms with Crippen molar-refractivity contribution in [3.05, 3.63) is 24.3 Å². The second-order valence-electron chi connectivity index (χ2n) is 7.22. The number of likely N-dealkylation sites (N-methyl/N-ethyl adjacent to an activating group) is 1. The van der Waals surface area contributed by atoms with E-state index in [9.17, 15) is 19.2 Å². The van der Waals surface area contributed by atoms with Crippen LogP contribution in [0.2, 0.25) is 0 Å². The Morgan fingerprint density at radius 1 is 1.14 bits per heavy atom. The monoisotopic (exact) mass is 402 g/mol. The molecule has 1 saturated heterocycles. The Morgan fingerprint density at radius 2 is 1.93 bits per heavy atom. The zero-order chi connectivity index (χ0) is 20.8. The highest BCUT2D eigenvalue weighted by Crippen LogP contribution is 2.30. The largest absolute Gasteiger partial charge is 0.484 e. The van der Waals surface area contributed by atoms with Crippen LogP contribution < -0.4 is 20.7 Å². The average Bonchev–Trinajstić information content (AvgIpc) is 3.47. The number of nitrogens with zero attached hydrogens (tertiary/aromatic N) is 1. The molecule has 1 unspecified atom stereocenters. The molecule has 1 aromatic carbocycles. The number of rotatable bonds is 8. The molecule has 3 rings (SSSR count). The van der Waals surface area contributed by atoms with Crippen LogP contribution in [0.25, 0.3) is 0 Å². The van der Waals surface area contributed by atoms with Crippen molar-refractivity contribution in [1.82, 2.24) is 15.5 Å². The van der Waals surface area contributed by atoms with Crippen molar-refractivity contribution in [3.63, 3.8) is 0 Å². The van der Waals surface area contributed by atoms with Crippen molar-refractivity contribution in [3.8, 4) is 5.75 Å². The number of amides is 4. The van der Waals surface area contributed by atoms with Gasteiger partial charge in [-0.3, -0.25) is 19.2 Å². The number of hydrogen-bond donors (Lipinski definition) is 3. The Hall–Kier alpha value is -3.10. The van der Waals surface area contributed by atoms with Gasteiger partial charge in [0.25, 0.3) is 5.91 Å². The zero-order valence-corrected chi connectivity index (χ0v) is 16.4. The van der Waals surface area contributed by atoms with Crippen LogP contribution in [0.3, 0.4) is 0 Å². The van der Waals surface area contributed by atoms with Crippen LogP contribution in [0.1, 0.15) is 25.7 Å². The summed E-state index contributed by atoms with van der Waals surface area (Å²) in [5.74, 6) is -0.397. The Morgan fingerprint density at radius 3 is 2.66 bits per heavy atom. The lowest BCUT2D eigenvalue weighted by atomic mass is 10.2. The summed E-state index contributed by atoms with van der Waals surface area (Å²) >= 11 is 0. The van der Waals surface area contributed by atoms with Gasteiger partial charge in [-0.15, -0.1) is 0 Å². The number of nitrogens with one attached hydrogen (secondary N) is 3. The lowest BCUT2D eigenvalue weighted by Crippen LogP contribution is -2.48. The van der Waals surface area contributed by atoms with Crippen molar-refractivity contribution < 1.29 is 23.9 Å². The summed E-state index contributed by atoms with van der Waals surface area (Å²) in [6.07, 6.45) is 3.22. The third-order valence-electron chi connectivity index (χ3n) is 4.98. The quantitative estimate of drug-likeness (QED) is 0.577. The molecule has 156 valence electrons. The summed E-state index contributed by atoms with van der Waals surface area (Å²) in [6, 6.07) is 6.34. The Kier molecular flexibility index (Phi) is 6.69. The molecule has 1 aromatic rings. The first-order valence-electron chi connectivity index (χ1n) is 9.79. The third-order valence-corrected chi connectivity index (χ3v) is 4.98. The lowest BCUT2D eigenvalue weighted by Gasteiger charge is -2.23. The molecule has 1 atom stereocenters. The van der Waals surface area contributed by atoms with Gasteiger partial charge in [-0.1, -0.05) is 6.07 Å². The van der Waals surface area contributed by atoms with Gasteiger partial charge in [0.2, 0.25) is 17.7 Å². The van der Waals surface area contributed by atoms with E-state index in [1.807, 2.05) is 0 Å². The van der Waals surface area contributed by atoms with Crippen molar-refractivity contribution in [2.75, 3.05) is 32.1 Å². The van der Waals surface area contributed by atoms with Crippen molar-refractivity contribution in [2.45, 2.75) is 31.7 Å². The van der Waals surface area contributed by atoms with E-state index in [1.54, 1.807) is 24.3 Å². The van der Waals surface area contributed by atoms with Crippen LogP contribution in [0.15, 0.2) is 24.3 Å². The van der Waals surface area contributed by atoms with E-state index in [1.165, 1.54) is 11.9 Å². The molecule has 2 aliphatic rings. The minimum Gasteiger partial charge on any atom is -0.484 e. The number of carbonyl (C=O) groups excluding carboxylic acids is 4. The summed E-state index contributed by atoms with van der Waals surface area (Å²) in [7, 11) is 1.54. The Balaban J connectivity index is 1.42. The average molecular weight is 402 g/mol. The number of carbonyl (C=O) groups is 4. The van der Waals surface area contributed by atoms with Gasteiger partial charge in [-0.2, -0.15) is 0 Å². The summed E-state index contributed by atoms with van der Waals surface area (Å²) in [5, 5.41) is 7.89. The second-order valence-corrected chi connectivity index (χ2v) is 7.22. The third kappa shape index (κ3) is 5.69. The molecule has 0 radical (unpaired) electrons. The predicted octanol–water partition coefficient (Wildman–Crippen LogP) is 0.267. The molecule has 1 heterocycles. The van der Waals surface area contributed by atoms with E-state index in [2.05, 4.69) is 16.0 Å². The highest BCUT2D eigenvalue weighted by atomic mass is 16.5. The summed E-state index contributed by atoms with van der Waals surface area (Å²) in [6.45, 7) is 0.0576. The molecule has 3 N–H and O–H groups in total.